The van der Waals surface area contributed by atoms with E-state index in [4.69, 9.17) is 0 Å². The van der Waals surface area contributed by atoms with Gasteiger partial charge in [-0.3, -0.25) is 9.78 Å². The number of pyridine rings is 1. The maximum Gasteiger partial charge on any atom is 0.251 e. The van der Waals surface area contributed by atoms with Crippen LogP contribution in [0.2, 0.25) is 0 Å². The molecule has 0 radical (unpaired) electrons. The minimum absolute atomic E-state index is 0.124. The minimum atomic E-state index is -0.124. The van der Waals surface area contributed by atoms with Crippen LogP contribution in [-0.2, 0) is 26.1 Å². The van der Waals surface area contributed by atoms with Gasteiger partial charge in [0.05, 0.1) is 6.54 Å². The number of hydrogen-bond acceptors (Lipinski definition) is 9. The summed E-state index contributed by atoms with van der Waals surface area (Å²) in [4.78, 5) is 28.0. The van der Waals surface area contributed by atoms with Crippen LogP contribution in [0.3, 0.4) is 0 Å². The number of amides is 1. The van der Waals surface area contributed by atoms with E-state index in [1.807, 2.05) is 42.6 Å². The van der Waals surface area contributed by atoms with Crippen molar-refractivity contribution in [2.75, 3.05) is 32.0 Å². The lowest BCUT2D eigenvalue weighted by molar-refractivity contribution is 0.0951. The molecule has 1 aliphatic rings. The Labute approximate surface area is 247 Å². The van der Waals surface area contributed by atoms with Gasteiger partial charge in [-0.15, -0.1) is 10.2 Å². The third-order valence-corrected chi connectivity index (χ3v) is 7.88. The molecule has 1 saturated heterocycles. The van der Waals surface area contributed by atoms with E-state index >= 15 is 0 Å². The zero-order chi connectivity index (χ0) is 29.1. The zero-order valence-corrected chi connectivity index (χ0v) is 24.5. The van der Waals surface area contributed by atoms with E-state index in [-0.39, 0.29) is 5.91 Å². The Bertz CT molecular complexity index is 1440. The molecule has 1 unspecified atom stereocenters. The van der Waals surface area contributed by atoms with Crippen molar-refractivity contribution in [1.82, 2.24) is 45.2 Å². The van der Waals surface area contributed by atoms with Crippen LogP contribution in [-0.4, -0.2) is 73.2 Å². The number of likely N-dealkylation sites (tertiary alicyclic amines) is 1. The van der Waals surface area contributed by atoms with Gasteiger partial charge in [-0.2, -0.15) is 0 Å². The van der Waals surface area contributed by atoms with Gasteiger partial charge in [0.2, 0.25) is 0 Å². The van der Waals surface area contributed by atoms with Crippen molar-refractivity contribution in [2.45, 2.75) is 58.3 Å². The molecule has 11 nitrogen and oxygen atoms in total. The van der Waals surface area contributed by atoms with Crippen LogP contribution in [0.15, 0.2) is 61.3 Å². The lowest BCUT2D eigenvalue weighted by atomic mass is 10.1. The summed E-state index contributed by atoms with van der Waals surface area (Å²) in [6.45, 7) is 6.68. The van der Waals surface area contributed by atoms with Gasteiger partial charge in [-0.05, 0) is 87.3 Å². The summed E-state index contributed by atoms with van der Waals surface area (Å²) < 4.78 is 2.10. The molecule has 0 spiro atoms. The fourth-order valence-corrected chi connectivity index (χ4v) is 5.42. The molecule has 0 saturated carbocycles. The number of carbonyl (C=O) groups is 1. The van der Waals surface area contributed by atoms with Crippen LogP contribution < -0.4 is 16.0 Å². The van der Waals surface area contributed by atoms with Crippen molar-refractivity contribution in [2.24, 2.45) is 0 Å². The monoisotopic (exact) mass is 568 g/mol. The van der Waals surface area contributed by atoms with Gasteiger partial charge in [0.1, 0.15) is 12.0 Å². The molecule has 1 aliphatic heterocycles. The molecule has 1 fully saturated rings. The molecule has 4 aromatic rings. The van der Waals surface area contributed by atoms with E-state index < -0.39 is 0 Å². The topological polar surface area (TPSA) is 126 Å². The van der Waals surface area contributed by atoms with E-state index in [2.05, 4.69) is 64.5 Å². The Kier molecular flexibility index (Phi) is 10.2. The highest BCUT2D eigenvalue weighted by atomic mass is 16.1. The average molecular weight is 569 g/mol. The van der Waals surface area contributed by atoms with Gasteiger partial charge in [0.15, 0.2) is 11.6 Å². The highest BCUT2D eigenvalue weighted by Crippen LogP contribution is 2.19. The predicted molar refractivity (Wildman–Crippen MR) is 163 cm³/mol. The summed E-state index contributed by atoms with van der Waals surface area (Å²) in [5.74, 6) is 1.38. The van der Waals surface area contributed by atoms with Crippen molar-refractivity contribution < 1.29 is 4.79 Å². The maximum atomic E-state index is 12.9. The zero-order valence-electron chi connectivity index (χ0n) is 24.5. The van der Waals surface area contributed by atoms with Crippen molar-refractivity contribution in [3.05, 3.63) is 83.8 Å². The fraction of sp³-hybridized carbons (Fsp3) is 0.419. The molecule has 11 heteroatoms. The number of anilines is 1. The number of hydrogen-bond donors (Lipinski definition) is 3. The smallest absolute Gasteiger partial charge is 0.251 e. The van der Waals surface area contributed by atoms with Crippen molar-refractivity contribution in [1.29, 1.82) is 0 Å². The van der Waals surface area contributed by atoms with Crippen LogP contribution in [0, 0.1) is 0 Å². The van der Waals surface area contributed by atoms with Gasteiger partial charge in [-0.1, -0.05) is 13.0 Å². The molecule has 3 aromatic heterocycles. The Balaban J connectivity index is 1.20. The second kappa shape index (κ2) is 14.6. The number of carbonyl (C=O) groups excluding carboxylic acids is 1. The van der Waals surface area contributed by atoms with Crippen LogP contribution in [0.4, 0.5) is 5.69 Å². The molecular formula is C31H40N10O. The SMILES string of the molecule is CCc1cnccc1CNC(=O)c1cccc(NCc2nnc(-c3ccncn3)n2CCNCCC2CCCN2C)c1. The largest absolute Gasteiger partial charge is 0.378 e. The second-order valence-corrected chi connectivity index (χ2v) is 10.6. The molecule has 5 rings (SSSR count). The summed E-state index contributed by atoms with van der Waals surface area (Å²) >= 11 is 0. The summed E-state index contributed by atoms with van der Waals surface area (Å²) in [5, 5.41) is 19.0. The van der Waals surface area contributed by atoms with Gasteiger partial charge in [-0.25, -0.2) is 9.97 Å². The number of nitrogens with one attached hydrogen (secondary N) is 3. The fourth-order valence-electron chi connectivity index (χ4n) is 5.42. The van der Waals surface area contributed by atoms with E-state index in [1.165, 1.54) is 25.7 Å². The van der Waals surface area contributed by atoms with Crippen LogP contribution in [0.25, 0.3) is 11.5 Å². The highest BCUT2D eigenvalue weighted by Gasteiger charge is 2.20. The third-order valence-electron chi connectivity index (χ3n) is 7.88. The first-order valence-electron chi connectivity index (χ1n) is 14.8. The molecular weight excluding hydrogens is 528 g/mol. The van der Waals surface area contributed by atoms with Crippen molar-refractivity contribution in [3.8, 4) is 11.5 Å². The van der Waals surface area contributed by atoms with Gasteiger partial charge < -0.3 is 25.4 Å². The number of benzene rings is 1. The number of rotatable bonds is 14. The quantitative estimate of drug-likeness (QED) is 0.196. The summed E-state index contributed by atoms with van der Waals surface area (Å²) in [5.41, 5.74) is 4.37. The summed E-state index contributed by atoms with van der Waals surface area (Å²) in [7, 11) is 2.22. The van der Waals surface area contributed by atoms with E-state index in [9.17, 15) is 4.79 Å². The molecule has 42 heavy (non-hydrogen) atoms. The van der Waals surface area contributed by atoms with Gasteiger partial charge >= 0.3 is 0 Å². The first kappa shape index (κ1) is 29.3. The van der Waals surface area contributed by atoms with E-state index in [0.717, 1.165) is 54.3 Å². The normalized spacial score (nSPS) is 15.1. The maximum absolute atomic E-state index is 12.9. The predicted octanol–water partition coefficient (Wildman–Crippen LogP) is 3.31. The van der Waals surface area contributed by atoms with Gasteiger partial charge in [0, 0.05) is 55.5 Å². The molecule has 1 atom stereocenters. The molecule has 0 aliphatic carbocycles. The first-order chi connectivity index (χ1) is 20.6. The molecule has 3 N–H and O–H groups in total. The average Bonchev–Trinajstić information content (AvgIpc) is 3.64. The van der Waals surface area contributed by atoms with Gasteiger partial charge in [0.25, 0.3) is 5.91 Å². The molecule has 0 bridgehead atoms. The molecule has 4 heterocycles. The van der Waals surface area contributed by atoms with Crippen LogP contribution in [0.1, 0.15) is 53.5 Å². The standard InChI is InChI=1S/C31H40N10O/c1-3-23-19-33-12-9-25(23)20-36-31(42)24-6-4-7-26(18-24)35-21-29-38-39-30(28-11-14-34-22-37-28)41(29)17-15-32-13-10-27-8-5-16-40(27)2/h4,6-7,9,11-12,14,18-19,22,27,32,35H,3,5,8,10,13,15-17,20-21H2,1-2H3,(H,36,42). The molecule has 220 valence electrons. The third kappa shape index (κ3) is 7.54. The van der Waals surface area contributed by atoms with Crippen molar-refractivity contribution >= 4 is 11.6 Å². The first-order valence-corrected chi connectivity index (χ1v) is 14.8. The summed E-state index contributed by atoms with van der Waals surface area (Å²) in [6, 6.07) is 12.0. The Morgan fingerprint density at radius 3 is 2.76 bits per heavy atom. The van der Waals surface area contributed by atoms with Crippen molar-refractivity contribution in [3.63, 3.8) is 0 Å². The minimum Gasteiger partial charge on any atom is -0.378 e. The summed E-state index contributed by atoms with van der Waals surface area (Å²) in [6.07, 6.45) is 11.4. The Hall–Kier alpha value is -4.22. The number of aryl methyl sites for hydroxylation is 1. The lowest BCUT2D eigenvalue weighted by Crippen LogP contribution is -2.30. The Morgan fingerprint density at radius 1 is 1.05 bits per heavy atom. The number of aromatic nitrogens is 6. The second-order valence-electron chi connectivity index (χ2n) is 10.6. The molecule has 1 aromatic carbocycles. The molecule has 1 amide bonds. The van der Waals surface area contributed by atoms with Crippen LogP contribution >= 0.6 is 0 Å². The number of nitrogens with zero attached hydrogens (tertiary/aromatic N) is 7. The highest BCUT2D eigenvalue weighted by molar-refractivity contribution is 5.95. The lowest BCUT2D eigenvalue weighted by Gasteiger charge is -2.19. The van der Waals surface area contributed by atoms with E-state index in [0.29, 0.717) is 37.1 Å². The van der Waals surface area contributed by atoms with Crippen LogP contribution in [0.5, 0.6) is 0 Å². The van der Waals surface area contributed by atoms with E-state index in [1.54, 1.807) is 12.4 Å². The Morgan fingerprint density at radius 2 is 1.95 bits per heavy atom.